The molecule has 1 aromatic carbocycles. The number of benzene rings is 1. The van der Waals surface area contributed by atoms with E-state index in [0.717, 1.165) is 6.07 Å². The van der Waals surface area contributed by atoms with Crippen LogP contribution in [0.25, 0.3) is 5.57 Å². The zero-order valence-electron chi connectivity index (χ0n) is 18.3. The predicted octanol–water partition coefficient (Wildman–Crippen LogP) is 6.46. The molecule has 0 saturated carbocycles. The fraction of sp³-hybridized carbons (Fsp3) is 0.348. The largest absolute Gasteiger partial charge is 0.433 e. The number of amides is 1. The summed E-state index contributed by atoms with van der Waals surface area (Å²) in [7, 11) is 0. The lowest BCUT2D eigenvalue weighted by Gasteiger charge is -2.19. The standard InChI is InChI=1S/C23H17F9N2O2/c1-2-20(36)34-17-6-4-11-7-12(3-5-13(11)17)18(35)9-15(21(24,25)26)14-8-19(23(30,31)32)33-10-16(14)22(27,28)29/h3,5,7-10,17H,2,4,6H2,1H3,(H,34,36)/b15-9+. The van der Waals surface area contributed by atoms with Crippen LogP contribution in [0, 0.1) is 0 Å². The van der Waals surface area contributed by atoms with Gasteiger partial charge in [0.25, 0.3) is 0 Å². The molecule has 194 valence electrons. The zero-order valence-corrected chi connectivity index (χ0v) is 18.3. The van der Waals surface area contributed by atoms with Crippen LogP contribution in [0.3, 0.4) is 0 Å². The molecule has 2 aromatic rings. The molecule has 0 fully saturated rings. The Labute approximate surface area is 198 Å². The Morgan fingerprint density at radius 3 is 2.25 bits per heavy atom. The number of nitrogens with zero attached hydrogens (tertiary/aromatic N) is 1. The van der Waals surface area contributed by atoms with Crippen molar-refractivity contribution in [1.82, 2.24) is 10.3 Å². The van der Waals surface area contributed by atoms with Gasteiger partial charge in [0.15, 0.2) is 5.78 Å². The predicted molar refractivity (Wildman–Crippen MR) is 109 cm³/mol. The molecule has 0 saturated heterocycles. The highest BCUT2D eigenvalue weighted by Crippen LogP contribution is 2.43. The van der Waals surface area contributed by atoms with Gasteiger partial charge in [0.1, 0.15) is 5.69 Å². The van der Waals surface area contributed by atoms with E-state index in [1.54, 1.807) is 6.92 Å². The van der Waals surface area contributed by atoms with Gasteiger partial charge in [-0.05, 0) is 42.2 Å². The number of aryl methyl sites for hydroxylation is 1. The summed E-state index contributed by atoms with van der Waals surface area (Å²) in [6.07, 6.45) is -15.9. The molecule has 1 aromatic heterocycles. The van der Waals surface area contributed by atoms with Crippen LogP contribution in [-0.2, 0) is 23.6 Å². The van der Waals surface area contributed by atoms with E-state index in [2.05, 4.69) is 10.3 Å². The number of ketones is 1. The summed E-state index contributed by atoms with van der Waals surface area (Å²) in [6, 6.07) is 3.05. The maximum absolute atomic E-state index is 13.8. The molecule has 0 aliphatic heterocycles. The first-order valence-corrected chi connectivity index (χ1v) is 10.4. The van der Waals surface area contributed by atoms with Crippen molar-refractivity contribution in [2.45, 2.75) is 50.8 Å². The van der Waals surface area contributed by atoms with Gasteiger partial charge in [0.2, 0.25) is 5.91 Å². The van der Waals surface area contributed by atoms with E-state index in [4.69, 9.17) is 0 Å². The Bertz CT molecular complexity index is 1210. The van der Waals surface area contributed by atoms with Gasteiger partial charge in [-0.1, -0.05) is 19.1 Å². The summed E-state index contributed by atoms with van der Waals surface area (Å²) < 4.78 is 120. The number of rotatable bonds is 5. The van der Waals surface area contributed by atoms with E-state index in [-0.39, 0.29) is 42.3 Å². The van der Waals surface area contributed by atoms with Gasteiger partial charge in [-0.25, -0.2) is 0 Å². The van der Waals surface area contributed by atoms with E-state index >= 15 is 0 Å². The summed E-state index contributed by atoms with van der Waals surface area (Å²) in [5, 5.41) is 2.76. The van der Waals surface area contributed by atoms with Gasteiger partial charge >= 0.3 is 18.5 Å². The summed E-state index contributed by atoms with van der Waals surface area (Å²) in [4.78, 5) is 26.9. The SMILES string of the molecule is CCC(=O)NC1CCc2cc(C(=O)/C=C(\c3cc(C(F)(F)F)ncc3C(F)(F)F)C(F)(F)F)ccc21. The Morgan fingerprint density at radius 2 is 1.69 bits per heavy atom. The highest BCUT2D eigenvalue weighted by atomic mass is 19.4. The van der Waals surface area contributed by atoms with Crippen molar-refractivity contribution in [2.75, 3.05) is 0 Å². The monoisotopic (exact) mass is 524 g/mol. The maximum atomic E-state index is 13.8. The van der Waals surface area contributed by atoms with E-state index in [1.807, 2.05) is 0 Å². The van der Waals surface area contributed by atoms with Crippen LogP contribution in [0.4, 0.5) is 39.5 Å². The van der Waals surface area contributed by atoms with Crippen LogP contribution >= 0.6 is 0 Å². The third-order valence-electron chi connectivity index (χ3n) is 5.53. The van der Waals surface area contributed by atoms with Crippen molar-refractivity contribution in [3.05, 3.63) is 70.0 Å². The number of allylic oxidation sites excluding steroid dienone is 2. The fourth-order valence-electron chi connectivity index (χ4n) is 3.80. The number of halogens is 9. The summed E-state index contributed by atoms with van der Waals surface area (Å²) in [6.45, 7) is 1.64. The topological polar surface area (TPSA) is 59.1 Å². The average Bonchev–Trinajstić information content (AvgIpc) is 3.16. The van der Waals surface area contributed by atoms with Crippen molar-refractivity contribution in [1.29, 1.82) is 0 Å². The first-order chi connectivity index (χ1) is 16.5. The van der Waals surface area contributed by atoms with E-state index in [1.165, 1.54) is 12.1 Å². The smallest absolute Gasteiger partial charge is 0.349 e. The highest BCUT2D eigenvalue weighted by Gasteiger charge is 2.44. The van der Waals surface area contributed by atoms with Crippen molar-refractivity contribution < 1.29 is 49.1 Å². The number of aromatic nitrogens is 1. The number of alkyl halides is 9. The molecule has 1 aliphatic carbocycles. The Hall–Kier alpha value is -3.38. The Kier molecular flexibility index (Phi) is 7.24. The highest BCUT2D eigenvalue weighted by molar-refractivity contribution is 6.09. The van der Waals surface area contributed by atoms with Gasteiger partial charge in [0.05, 0.1) is 17.2 Å². The molecule has 1 atom stereocenters. The lowest BCUT2D eigenvalue weighted by molar-refractivity contribution is -0.144. The molecular formula is C23H17F9N2O2. The first kappa shape index (κ1) is 27.2. The van der Waals surface area contributed by atoms with Crippen LogP contribution in [-0.4, -0.2) is 22.9 Å². The van der Waals surface area contributed by atoms with Gasteiger partial charge in [0, 0.05) is 23.7 Å². The second-order valence-electron chi connectivity index (χ2n) is 7.96. The fourth-order valence-corrected chi connectivity index (χ4v) is 3.80. The quantitative estimate of drug-likeness (QED) is 0.278. The van der Waals surface area contributed by atoms with E-state index in [0.29, 0.717) is 24.0 Å². The van der Waals surface area contributed by atoms with Crippen LogP contribution < -0.4 is 5.32 Å². The van der Waals surface area contributed by atoms with Crippen molar-refractivity contribution in [3.8, 4) is 0 Å². The minimum atomic E-state index is -5.61. The number of pyridine rings is 1. The Balaban J connectivity index is 2.08. The van der Waals surface area contributed by atoms with Gasteiger partial charge in [-0.15, -0.1) is 0 Å². The molecule has 1 aliphatic rings. The molecule has 1 heterocycles. The second-order valence-corrected chi connectivity index (χ2v) is 7.96. The summed E-state index contributed by atoms with van der Waals surface area (Å²) in [5.41, 5.74) is -7.24. The number of fused-ring (bicyclic) bond motifs is 1. The van der Waals surface area contributed by atoms with Crippen LogP contribution in [0.2, 0.25) is 0 Å². The van der Waals surface area contributed by atoms with Crippen LogP contribution in [0.15, 0.2) is 36.5 Å². The van der Waals surface area contributed by atoms with Crippen molar-refractivity contribution in [2.24, 2.45) is 0 Å². The molecule has 0 bridgehead atoms. The minimum Gasteiger partial charge on any atom is -0.349 e. The average molecular weight is 524 g/mol. The third kappa shape index (κ3) is 5.88. The van der Waals surface area contributed by atoms with Crippen LogP contribution in [0.5, 0.6) is 0 Å². The third-order valence-corrected chi connectivity index (χ3v) is 5.53. The van der Waals surface area contributed by atoms with Crippen molar-refractivity contribution in [3.63, 3.8) is 0 Å². The number of hydrogen-bond acceptors (Lipinski definition) is 3. The molecule has 0 radical (unpaired) electrons. The zero-order chi connectivity index (χ0) is 27.1. The minimum absolute atomic E-state index is 0.155. The number of hydrogen-bond donors (Lipinski definition) is 1. The molecular weight excluding hydrogens is 507 g/mol. The van der Waals surface area contributed by atoms with Gasteiger partial charge in [-0.2, -0.15) is 39.5 Å². The second kappa shape index (κ2) is 9.58. The molecule has 1 unspecified atom stereocenters. The number of nitrogens with one attached hydrogen (secondary N) is 1. The number of carbonyl (C=O) groups excluding carboxylic acids is 2. The normalized spacial score (nSPS) is 16.6. The molecule has 1 N–H and O–H groups in total. The van der Waals surface area contributed by atoms with Crippen LogP contribution in [0.1, 0.15) is 64.1 Å². The lowest BCUT2D eigenvalue weighted by atomic mass is 9.96. The van der Waals surface area contributed by atoms with Crippen molar-refractivity contribution >= 4 is 17.3 Å². The Morgan fingerprint density at radius 1 is 1.03 bits per heavy atom. The first-order valence-electron chi connectivity index (χ1n) is 10.4. The molecule has 3 rings (SSSR count). The molecule has 13 heteroatoms. The van der Waals surface area contributed by atoms with Gasteiger partial charge < -0.3 is 5.32 Å². The van der Waals surface area contributed by atoms with E-state index in [9.17, 15) is 49.1 Å². The van der Waals surface area contributed by atoms with E-state index < -0.39 is 46.7 Å². The molecule has 1 amide bonds. The molecule has 0 spiro atoms. The molecule has 4 nitrogen and oxygen atoms in total. The lowest BCUT2D eigenvalue weighted by Crippen LogP contribution is -2.26. The summed E-state index contributed by atoms with van der Waals surface area (Å²) in [5.74, 6) is -1.59. The maximum Gasteiger partial charge on any atom is 0.433 e. The summed E-state index contributed by atoms with van der Waals surface area (Å²) >= 11 is 0. The molecule has 36 heavy (non-hydrogen) atoms. The number of carbonyl (C=O) groups is 2. The van der Waals surface area contributed by atoms with Gasteiger partial charge in [-0.3, -0.25) is 14.6 Å².